The van der Waals surface area contributed by atoms with Crippen LogP contribution >= 0.6 is 0 Å². The van der Waals surface area contributed by atoms with Gasteiger partial charge in [-0.3, -0.25) is 10.1 Å². The second kappa shape index (κ2) is 12.6. The summed E-state index contributed by atoms with van der Waals surface area (Å²) in [5.41, 5.74) is -0.0689. The number of unbranched alkanes of at least 4 members (excludes halogenated alkanes) is 2. The summed E-state index contributed by atoms with van der Waals surface area (Å²) in [6.07, 6.45) is 5.84. The third-order valence-electron chi connectivity index (χ3n) is 2.74. The van der Waals surface area contributed by atoms with Gasteiger partial charge in [0.15, 0.2) is 0 Å². The van der Waals surface area contributed by atoms with Gasteiger partial charge < -0.3 is 5.11 Å². The van der Waals surface area contributed by atoms with Crippen molar-refractivity contribution in [2.24, 2.45) is 0 Å². The largest absolute Gasteiger partial charge is 0.478 e. The Morgan fingerprint density at radius 2 is 1.62 bits per heavy atom. The number of carboxylic acid groups (broad SMARTS) is 1. The first-order valence-corrected chi connectivity index (χ1v) is 11.2. The van der Waals surface area contributed by atoms with Crippen LogP contribution in [0.15, 0.2) is 24.3 Å². The number of aromatic carboxylic acids is 1. The molecule has 0 aliphatic rings. The molecule has 0 amide bonds. The summed E-state index contributed by atoms with van der Waals surface area (Å²) in [5, 5.41) is 18.6. The van der Waals surface area contributed by atoms with Crippen molar-refractivity contribution in [3.05, 3.63) is 39.9 Å². The zero-order chi connectivity index (χ0) is 16.1. The third kappa shape index (κ3) is 10.3. The number of nitro groups is 1. The number of benzene rings is 1. The van der Waals surface area contributed by atoms with Crippen molar-refractivity contribution >= 4 is 32.8 Å². The van der Waals surface area contributed by atoms with Crippen LogP contribution in [-0.2, 0) is 0 Å². The Labute approximate surface area is 136 Å². The number of carboxylic acids is 1. The fourth-order valence-electron chi connectivity index (χ4n) is 1.45. The van der Waals surface area contributed by atoms with E-state index in [0.717, 1.165) is 12.1 Å². The molecule has 6 heteroatoms. The number of non-ortho nitro benzene ring substituents is 1. The number of hydrogen-bond donors (Lipinski definition) is 1. The van der Waals surface area contributed by atoms with Gasteiger partial charge in [-0.2, -0.15) is 0 Å². The quantitative estimate of drug-likeness (QED) is 0.303. The molecule has 0 aromatic heterocycles. The normalized spacial score (nSPS) is 9.62. The van der Waals surface area contributed by atoms with Crippen molar-refractivity contribution in [2.45, 2.75) is 48.4 Å². The van der Waals surface area contributed by atoms with E-state index < -0.39 is 10.9 Å². The first-order valence-electron chi connectivity index (χ1n) is 7.21. The maximum Gasteiger partial charge on any atom is 0.335 e. The Hall–Kier alpha value is -1.11. The summed E-state index contributed by atoms with van der Waals surface area (Å²) >= 11 is 0.149. The van der Waals surface area contributed by atoms with Gasteiger partial charge in [0.2, 0.25) is 0 Å². The molecule has 0 saturated heterocycles. The molecule has 1 N–H and O–H groups in total. The van der Waals surface area contributed by atoms with Gasteiger partial charge in [-0.15, -0.1) is 0 Å². The van der Waals surface area contributed by atoms with Crippen molar-refractivity contribution in [1.29, 1.82) is 0 Å². The van der Waals surface area contributed by atoms with Gasteiger partial charge in [-0.1, -0.05) is 0 Å². The predicted molar refractivity (Wildman–Crippen MR) is 85.2 cm³/mol. The Bertz CT molecular complexity index is 381. The van der Waals surface area contributed by atoms with Crippen LogP contribution in [0.4, 0.5) is 5.69 Å². The Kier molecular flexibility index (Phi) is 11.9. The molecule has 0 aliphatic heterocycles. The van der Waals surface area contributed by atoms with E-state index in [2.05, 4.69) is 13.8 Å². The molecule has 0 heterocycles. The van der Waals surface area contributed by atoms with E-state index in [1.807, 2.05) is 0 Å². The standard InChI is InChI=1S/C7H5NO4.2C4H9.Sn/c9-7(10)5-1-3-6(4-2-5)8(11)12;2*1-3-4-2;/h1-4H,(H,9,10);2*1,3-4H2,2H3;. The average Bonchev–Trinajstić information content (AvgIpc) is 2.48. The number of nitro benzene ring substituents is 1. The summed E-state index contributed by atoms with van der Waals surface area (Å²) in [5.74, 6) is -1.09. The van der Waals surface area contributed by atoms with Crippen LogP contribution in [0, 0.1) is 10.1 Å². The summed E-state index contributed by atoms with van der Waals surface area (Å²) < 4.78 is 3.25. The van der Waals surface area contributed by atoms with Crippen LogP contribution in [-0.4, -0.2) is 37.1 Å². The predicted octanol–water partition coefficient (Wildman–Crippen LogP) is 4.42. The molecule has 0 bridgehead atoms. The van der Waals surface area contributed by atoms with Crippen molar-refractivity contribution in [3.8, 4) is 0 Å². The van der Waals surface area contributed by atoms with E-state index in [1.165, 1.54) is 37.8 Å². The van der Waals surface area contributed by atoms with Crippen molar-refractivity contribution in [3.63, 3.8) is 0 Å². The van der Waals surface area contributed by atoms with Gasteiger partial charge in [0.25, 0.3) is 5.69 Å². The van der Waals surface area contributed by atoms with Crippen molar-refractivity contribution in [1.82, 2.24) is 0 Å². The molecule has 0 unspecified atom stereocenters. The van der Waals surface area contributed by atoms with Crippen LogP contribution in [0.1, 0.15) is 49.9 Å². The molecule has 116 valence electrons. The van der Waals surface area contributed by atoms with E-state index >= 15 is 0 Å². The molecule has 0 atom stereocenters. The van der Waals surface area contributed by atoms with Crippen LogP contribution in [0.2, 0.25) is 8.87 Å². The molecule has 1 aromatic carbocycles. The Morgan fingerprint density at radius 1 is 1.14 bits per heavy atom. The van der Waals surface area contributed by atoms with Gasteiger partial charge >= 0.3 is 75.5 Å². The molecule has 0 fully saturated rings. The number of carbonyl (C=O) groups is 1. The molecular formula is C15H23NO4Sn. The van der Waals surface area contributed by atoms with E-state index in [4.69, 9.17) is 5.11 Å². The van der Waals surface area contributed by atoms with Crippen molar-refractivity contribution < 1.29 is 14.8 Å². The molecule has 2 radical (unpaired) electrons. The minimum Gasteiger partial charge on any atom is -0.478 e. The van der Waals surface area contributed by atoms with Crippen LogP contribution < -0.4 is 0 Å². The second-order valence-corrected chi connectivity index (χ2v) is 8.85. The van der Waals surface area contributed by atoms with E-state index in [-0.39, 0.29) is 32.4 Å². The van der Waals surface area contributed by atoms with E-state index in [1.54, 1.807) is 8.87 Å². The maximum absolute atomic E-state index is 10.3. The first kappa shape index (κ1) is 19.9. The van der Waals surface area contributed by atoms with Gasteiger partial charge in [-0.25, -0.2) is 4.79 Å². The second-order valence-electron chi connectivity index (χ2n) is 4.57. The van der Waals surface area contributed by atoms with Gasteiger partial charge in [0, 0.05) is 12.1 Å². The molecule has 0 saturated carbocycles. The Morgan fingerprint density at radius 3 is 1.95 bits per heavy atom. The topological polar surface area (TPSA) is 80.4 Å². The fraction of sp³-hybridized carbons (Fsp3) is 0.533. The minimum atomic E-state index is -1.09. The van der Waals surface area contributed by atoms with Gasteiger partial charge in [-0.05, 0) is 12.1 Å². The van der Waals surface area contributed by atoms with Crippen LogP contribution in [0.25, 0.3) is 0 Å². The SMILES string of the molecule is CCC[CH2][Sn][CH2]CCC.O=C(O)c1ccc([N+](=O)[O-])cc1. The summed E-state index contributed by atoms with van der Waals surface area (Å²) in [6.45, 7) is 4.58. The van der Waals surface area contributed by atoms with Crippen LogP contribution in [0.5, 0.6) is 0 Å². The van der Waals surface area contributed by atoms with Crippen LogP contribution in [0.3, 0.4) is 0 Å². The number of hydrogen-bond acceptors (Lipinski definition) is 3. The fourth-order valence-corrected chi connectivity index (χ4v) is 5.61. The number of nitrogens with zero attached hydrogens (tertiary/aromatic N) is 1. The maximum atomic E-state index is 10.3. The first-order chi connectivity index (χ1) is 10.0. The Balaban J connectivity index is 0.000000400. The summed E-state index contributed by atoms with van der Waals surface area (Å²) in [6, 6.07) is 4.70. The molecule has 0 spiro atoms. The monoisotopic (exact) mass is 401 g/mol. The molecule has 1 aromatic rings. The molecule has 0 aliphatic carbocycles. The van der Waals surface area contributed by atoms with Gasteiger partial charge in [0.1, 0.15) is 0 Å². The smallest absolute Gasteiger partial charge is 0.335 e. The molecule has 1 rings (SSSR count). The third-order valence-corrected chi connectivity index (χ3v) is 6.78. The van der Waals surface area contributed by atoms with Crippen molar-refractivity contribution in [2.75, 3.05) is 0 Å². The van der Waals surface area contributed by atoms with Gasteiger partial charge in [0.05, 0.1) is 10.5 Å². The zero-order valence-electron chi connectivity index (χ0n) is 12.7. The van der Waals surface area contributed by atoms with E-state index in [9.17, 15) is 14.9 Å². The average molecular weight is 400 g/mol. The number of rotatable bonds is 8. The zero-order valence-corrected chi connectivity index (χ0v) is 15.5. The molecule has 21 heavy (non-hydrogen) atoms. The summed E-state index contributed by atoms with van der Waals surface area (Å²) in [7, 11) is 0. The summed E-state index contributed by atoms with van der Waals surface area (Å²) in [4.78, 5) is 19.9. The van der Waals surface area contributed by atoms with E-state index in [0.29, 0.717) is 0 Å². The minimum absolute atomic E-state index is 0.0422. The molecule has 5 nitrogen and oxygen atoms in total. The molecular weight excluding hydrogens is 377 g/mol.